The number of pyridine rings is 1. The number of halogens is 1. The molecular weight excluding hydrogens is 299 g/mol. The Morgan fingerprint density at radius 2 is 2.04 bits per heavy atom. The van der Waals surface area contributed by atoms with Crippen LogP contribution in [-0.4, -0.2) is 27.1 Å². The Morgan fingerprint density at radius 3 is 2.87 bits per heavy atom. The number of aromatic nitrogens is 3. The Hall–Kier alpha value is -2.96. The largest absolute Gasteiger partial charge is 0.481 e. The lowest BCUT2D eigenvalue weighted by atomic mass is 10.3. The van der Waals surface area contributed by atoms with Crippen molar-refractivity contribution < 1.29 is 13.9 Å². The summed E-state index contributed by atoms with van der Waals surface area (Å²) < 4.78 is 20.4. The lowest BCUT2D eigenvalue weighted by molar-refractivity contribution is -0.123. The van der Waals surface area contributed by atoms with E-state index in [1.54, 1.807) is 23.5 Å². The number of rotatable bonds is 5. The minimum atomic E-state index is -0.503. The van der Waals surface area contributed by atoms with E-state index in [9.17, 15) is 9.18 Å². The van der Waals surface area contributed by atoms with Gasteiger partial charge in [0.2, 0.25) is 0 Å². The lowest BCUT2D eigenvalue weighted by Gasteiger charge is -2.13. The van der Waals surface area contributed by atoms with Crippen LogP contribution in [0.2, 0.25) is 0 Å². The number of ether oxygens (including phenoxy) is 1. The molecule has 0 aliphatic rings. The molecule has 1 N–H and O–H groups in total. The van der Waals surface area contributed by atoms with Crippen LogP contribution in [0.1, 0.15) is 18.8 Å². The van der Waals surface area contributed by atoms with E-state index in [1.807, 2.05) is 24.4 Å². The number of nitrogens with one attached hydrogen (secondary N) is 1. The average molecular weight is 314 g/mol. The van der Waals surface area contributed by atoms with Crippen molar-refractivity contribution in [2.75, 3.05) is 6.61 Å². The highest BCUT2D eigenvalue weighted by Crippen LogP contribution is 2.15. The number of para-hydroxylation sites is 1. The first-order chi connectivity index (χ1) is 11.1. The third kappa shape index (κ3) is 3.28. The lowest BCUT2D eigenvalue weighted by Crippen LogP contribution is -2.32. The van der Waals surface area contributed by atoms with Gasteiger partial charge in [0.25, 0.3) is 5.91 Å². The maximum absolute atomic E-state index is 13.4. The van der Waals surface area contributed by atoms with E-state index >= 15 is 0 Å². The van der Waals surface area contributed by atoms with Gasteiger partial charge in [-0.3, -0.25) is 9.20 Å². The van der Waals surface area contributed by atoms with E-state index < -0.39 is 5.82 Å². The summed E-state index contributed by atoms with van der Waals surface area (Å²) in [6.45, 7) is 1.52. The Morgan fingerprint density at radius 1 is 1.26 bits per heavy atom. The van der Waals surface area contributed by atoms with Crippen LogP contribution in [0, 0.1) is 5.82 Å². The number of carbonyl (C=O) groups is 1. The summed E-state index contributed by atoms with van der Waals surface area (Å²) in [5, 5.41) is 10.9. The van der Waals surface area contributed by atoms with Crippen molar-refractivity contribution in [3.8, 4) is 5.75 Å². The molecule has 0 aliphatic heterocycles. The molecule has 23 heavy (non-hydrogen) atoms. The van der Waals surface area contributed by atoms with E-state index in [4.69, 9.17) is 4.74 Å². The summed E-state index contributed by atoms with van der Waals surface area (Å²) in [4.78, 5) is 12.0. The van der Waals surface area contributed by atoms with E-state index in [0.717, 1.165) is 0 Å². The van der Waals surface area contributed by atoms with Crippen LogP contribution >= 0.6 is 0 Å². The van der Waals surface area contributed by atoms with Crippen LogP contribution in [0.3, 0.4) is 0 Å². The zero-order valence-electron chi connectivity index (χ0n) is 12.4. The summed E-state index contributed by atoms with van der Waals surface area (Å²) in [6.07, 6.45) is 1.82. The summed E-state index contributed by atoms with van der Waals surface area (Å²) in [7, 11) is 0. The van der Waals surface area contributed by atoms with E-state index in [1.165, 1.54) is 12.1 Å². The average Bonchev–Trinajstić information content (AvgIpc) is 2.98. The molecule has 0 saturated carbocycles. The van der Waals surface area contributed by atoms with Gasteiger partial charge in [-0.05, 0) is 31.2 Å². The smallest absolute Gasteiger partial charge is 0.258 e. The first-order valence-corrected chi connectivity index (χ1v) is 7.11. The van der Waals surface area contributed by atoms with Gasteiger partial charge in [-0.1, -0.05) is 18.2 Å². The van der Waals surface area contributed by atoms with Crippen molar-refractivity contribution in [1.29, 1.82) is 0 Å². The third-order valence-corrected chi connectivity index (χ3v) is 3.30. The molecule has 0 saturated heterocycles. The van der Waals surface area contributed by atoms with Gasteiger partial charge in [0, 0.05) is 6.20 Å². The predicted octanol–water partition coefficient (Wildman–Crippen LogP) is 2.12. The van der Waals surface area contributed by atoms with Crippen LogP contribution < -0.4 is 10.1 Å². The Kier molecular flexibility index (Phi) is 4.18. The predicted molar refractivity (Wildman–Crippen MR) is 81.4 cm³/mol. The highest BCUT2D eigenvalue weighted by atomic mass is 19.1. The second-order valence-electron chi connectivity index (χ2n) is 5.00. The molecule has 0 radical (unpaired) electrons. The number of fused-ring (bicyclic) bond motifs is 1. The SMILES string of the molecule is CC(NC(=O)COc1ccccc1F)c1nnc2ccccn12. The number of amides is 1. The fourth-order valence-corrected chi connectivity index (χ4v) is 2.21. The number of carbonyl (C=O) groups excluding carboxylic acids is 1. The molecule has 1 aromatic carbocycles. The molecular formula is C16H15FN4O2. The number of hydrogen-bond donors (Lipinski definition) is 1. The first kappa shape index (κ1) is 15.0. The van der Waals surface area contributed by atoms with Crippen molar-refractivity contribution in [3.63, 3.8) is 0 Å². The standard InChI is InChI=1S/C16H15FN4O2/c1-11(16-20-19-14-8-4-5-9-21(14)16)18-15(22)10-23-13-7-3-2-6-12(13)17/h2-9,11H,10H2,1H3,(H,18,22). The van der Waals surface area contributed by atoms with E-state index in [2.05, 4.69) is 15.5 Å². The Labute approximate surface area is 131 Å². The molecule has 2 aromatic heterocycles. The number of nitrogens with zero attached hydrogens (tertiary/aromatic N) is 3. The first-order valence-electron chi connectivity index (χ1n) is 7.11. The molecule has 1 atom stereocenters. The van der Waals surface area contributed by atoms with Crippen molar-refractivity contribution in [2.24, 2.45) is 0 Å². The molecule has 1 amide bonds. The highest BCUT2D eigenvalue weighted by molar-refractivity contribution is 5.77. The van der Waals surface area contributed by atoms with Gasteiger partial charge in [0.1, 0.15) is 0 Å². The molecule has 2 heterocycles. The Bertz CT molecular complexity index is 834. The van der Waals surface area contributed by atoms with Gasteiger partial charge in [-0.15, -0.1) is 10.2 Å². The number of hydrogen-bond acceptors (Lipinski definition) is 4. The van der Waals surface area contributed by atoms with Gasteiger partial charge in [-0.25, -0.2) is 4.39 Å². The molecule has 1 unspecified atom stereocenters. The van der Waals surface area contributed by atoms with Crippen molar-refractivity contribution in [1.82, 2.24) is 19.9 Å². The van der Waals surface area contributed by atoms with E-state index in [0.29, 0.717) is 11.5 Å². The van der Waals surface area contributed by atoms with Crippen LogP contribution in [0.5, 0.6) is 5.75 Å². The fourth-order valence-electron chi connectivity index (χ4n) is 2.21. The van der Waals surface area contributed by atoms with Crippen LogP contribution in [0.15, 0.2) is 48.7 Å². The van der Waals surface area contributed by atoms with Crippen LogP contribution in [-0.2, 0) is 4.79 Å². The van der Waals surface area contributed by atoms with E-state index in [-0.39, 0.29) is 24.3 Å². The van der Waals surface area contributed by atoms with Crippen molar-refractivity contribution >= 4 is 11.6 Å². The van der Waals surface area contributed by atoms with Crippen molar-refractivity contribution in [3.05, 3.63) is 60.3 Å². The maximum Gasteiger partial charge on any atom is 0.258 e. The minimum Gasteiger partial charge on any atom is -0.481 e. The van der Waals surface area contributed by atoms with Gasteiger partial charge >= 0.3 is 0 Å². The second-order valence-corrected chi connectivity index (χ2v) is 5.00. The van der Waals surface area contributed by atoms with Crippen molar-refractivity contribution in [2.45, 2.75) is 13.0 Å². The summed E-state index contributed by atoms with van der Waals surface area (Å²) in [5.41, 5.74) is 0.700. The molecule has 6 nitrogen and oxygen atoms in total. The zero-order valence-corrected chi connectivity index (χ0v) is 12.4. The van der Waals surface area contributed by atoms with Crippen LogP contribution in [0.25, 0.3) is 5.65 Å². The molecule has 0 fully saturated rings. The maximum atomic E-state index is 13.4. The monoisotopic (exact) mass is 314 g/mol. The normalized spacial score (nSPS) is 12.1. The third-order valence-electron chi connectivity index (χ3n) is 3.30. The molecule has 3 rings (SSSR count). The number of benzene rings is 1. The minimum absolute atomic E-state index is 0.0447. The summed E-state index contributed by atoms with van der Waals surface area (Å²) in [6, 6.07) is 11.1. The molecule has 3 aromatic rings. The second kappa shape index (κ2) is 6.43. The van der Waals surface area contributed by atoms with Gasteiger partial charge in [0.15, 0.2) is 29.6 Å². The summed E-state index contributed by atoms with van der Waals surface area (Å²) >= 11 is 0. The zero-order chi connectivity index (χ0) is 16.2. The fraction of sp³-hybridized carbons (Fsp3) is 0.188. The quantitative estimate of drug-likeness (QED) is 0.783. The summed E-state index contributed by atoms with van der Waals surface area (Å²) in [5.74, 6) is -0.215. The molecule has 0 bridgehead atoms. The molecule has 0 aliphatic carbocycles. The molecule has 7 heteroatoms. The van der Waals surface area contributed by atoms with Crippen LogP contribution in [0.4, 0.5) is 4.39 Å². The Balaban J connectivity index is 1.62. The van der Waals surface area contributed by atoms with Gasteiger partial charge in [0.05, 0.1) is 6.04 Å². The molecule has 118 valence electrons. The topological polar surface area (TPSA) is 68.5 Å². The van der Waals surface area contributed by atoms with Gasteiger partial charge in [-0.2, -0.15) is 0 Å². The molecule has 0 spiro atoms. The van der Waals surface area contributed by atoms with Gasteiger partial charge < -0.3 is 10.1 Å². The highest BCUT2D eigenvalue weighted by Gasteiger charge is 2.16.